The molecule has 0 saturated carbocycles. The van der Waals surface area contributed by atoms with E-state index in [4.69, 9.17) is 5.11 Å². The van der Waals surface area contributed by atoms with Crippen molar-refractivity contribution in [2.24, 2.45) is 0 Å². The number of aliphatic hydroxyl groups excluding tert-OH is 1. The lowest BCUT2D eigenvalue weighted by molar-refractivity contribution is -0.274. The summed E-state index contributed by atoms with van der Waals surface area (Å²) in [5.41, 5.74) is 1.07. The zero-order valence-corrected chi connectivity index (χ0v) is 10.1. The van der Waals surface area contributed by atoms with E-state index in [9.17, 15) is 13.2 Å². The molecule has 0 fully saturated rings. The molecule has 0 saturated heterocycles. The Bertz CT molecular complexity index is 556. The van der Waals surface area contributed by atoms with Crippen LogP contribution in [0.25, 0.3) is 0 Å². The number of anilines is 2. The number of benzene rings is 1. The summed E-state index contributed by atoms with van der Waals surface area (Å²) in [7, 11) is 0. The fourth-order valence-electron chi connectivity index (χ4n) is 1.37. The van der Waals surface area contributed by atoms with E-state index in [0.717, 1.165) is 0 Å². The number of hydrogen-bond donors (Lipinski definition) is 2. The van der Waals surface area contributed by atoms with E-state index < -0.39 is 6.36 Å². The maximum Gasteiger partial charge on any atom is 0.573 e. The van der Waals surface area contributed by atoms with Crippen LogP contribution in [0.15, 0.2) is 36.7 Å². The molecule has 2 N–H and O–H groups in total. The van der Waals surface area contributed by atoms with Crippen molar-refractivity contribution in [3.05, 3.63) is 42.2 Å². The predicted molar refractivity (Wildman–Crippen MR) is 64.4 cm³/mol. The van der Waals surface area contributed by atoms with Crippen molar-refractivity contribution >= 4 is 11.6 Å². The topological polar surface area (TPSA) is 67.3 Å². The Kier molecular flexibility index (Phi) is 4.04. The van der Waals surface area contributed by atoms with Gasteiger partial charge in [-0.1, -0.05) is 0 Å². The minimum absolute atomic E-state index is 0.163. The fraction of sp³-hybridized carbons (Fsp3) is 0.167. The SMILES string of the molecule is OCc1cnc(Nc2ccc(OC(F)(F)F)cc2)nc1. The monoisotopic (exact) mass is 285 g/mol. The number of hydrogen-bond acceptors (Lipinski definition) is 5. The first-order valence-corrected chi connectivity index (χ1v) is 5.51. The highest BCUT2D eigenvalue weighted by Gasteiger charge is 2.30. The van der Waals surface area contributed by atoms with Gasteiger partial charge in [-0.05, 0) is 24.3 Å². The van der Waals surface area contributed by atoms with Crippen LogP contribution in [-0.2, 0) is 6.61 Å². The summed E-state index contributed by atoms with van der Waals surface area (Å²) < 4.78 is 39.7. The molecule has 0 amide bonds. The summed E-state index contributed by atoms with van der Waals surface area (Å²) in [6.45, 7) is -0.163. The van der Waals surface area contributed by atoms with Crippen molar-refractivity contribution < 1.29 is 23.0 Å². The molecule has 5 nitrogen and oxygen atoms in total. The van der Waals surface area contributed by atoms with Crippen LogP contribution in [-0.4, -0.2) is 21.4 Å². The smallest absolute Gasteiger partial charge is 0.406 e. The van der Waals surface area contributed by atoms with E-state index in [-0.39, 0.29) is 18.3 Å². The summed E-state index contributed by atoms with van der Waals surface area (Å²) >= 11 is 0. The fourth-order valence-corrected chi connectivity index (χ4v) is 1.37. The highest BCUT2D eigenvalue weighted by atomic mass is 19.4. The van der Waals surface area contributed by atoms with E-state index in [0.29, 0.717) is 11.3 Å². The van der Waals surface area contributed by atoms with Gasteiger partial charge in [0.1, 0.15) is 5.75 Å². The van der Waals surface area contributed by atoms with Crippen LogP contribution in [0.4, 0.5) is 24.8 Å². The second-order valence-corrected chi connectivity index (χ2v) is 3.77. The van der Waals surface area contributed by atoms with Crippen LogP contribution in [0.2, 0.25) is 0 Å². The van der Waals surface area contributed by atoms with Crippen LogP contribution in [0.1, 0.15) is 5.56 Å². The van der Waals surface area contributed by atoms with Gasteiger partial charge in [0.15, 0.2) is 0 Å². The van der Waals surface area contributed by atoms with Crippen molar-refractivity contribution in [2.45, 2.75) is 13.0 Å². The maximum absolute atomic E-state index is 12.0. The van der Waals surface area contributed by atoms with E-state index in [2.05, 4.69) is 20.0 Å². The number of aliphatic hydroxyl groups is 1. The molecule has 1 heterocycles. The molecule has 0 aliphatic carbocycles. The highest BCUT2D eigenvalue weighted by Crippen LogP contribution is 2.24. The lowest BCUT2D eigenvalue weighted by atomic mass is 10.3. The molecule has 0 unspecified atom stereocenters. The Morgan fingerprint density at radius 1 is 1.10 bits per heavy atom. The van der Waals surface area contributed by atoms with Gasteiger partial charge in [0.25, 0.3) is 0 Å². The molecule has 0 atom stereocenters. The molecule has 20 heavy (non-hydrogen) atoms. The molecule has 1 aromatic carbocycles. The summed E-state index contributed by atoms with van der Waals surface area (Å²) in [5, 5.41) is 11.6. The standard InChI is InChI=1S/C12H10F3N3O2/c13-12(14,15)20-10-3-1-9(2-4-10)18-11-16-5-8(7-19)6-17-11/h1-6,19H,7H2,(H,16,17,18). The minimum Gasteiger partial charge on any atom is -0.406 e. The third kappa shape index (κ3) is 4.09. The molecule has 2 aromatic rings. The lowest BCUT2D eigenvalue weighted by Gasteiger charge is -2.09. The Morgan fingerprint density at radius 3 is 2.20 bits per heavy atom. The zero-order chi connectivity index (χ0) is 14.6. The average Bonchev–Trinajstić information content (AvgIpc) is 2.40. The third-order valence-corrected chi connectivity index (χ3v) is 2.23. The molecule has 1 aromatic heterocycles. The minimum atomic E-state index is -4.71. The number of halogens is 3. The quantitative estimate of drug-likeness (QED) is 0.903. The number of aromatic nitrogens is 2. The van der Waals surface area contributed by atoms with E-state index in [1.807, 2.05) is 0 Å². The van der Waals surface area contributed by atoms with Gasteiger partial charge in [0.05, 0.1) is 6.61 Å². The van der Waals surface area contributed by atoms with Crippen molar-refractivity contribution in [1.82, 2.24) is 9.97 Å². The van der Waals surface area contributed by atoms with Crippen LogP contribution in [0.5, 0.6) is 5.75 Å². The van der Waals surface area contributed by atoms with Gasteiger partial charge in [0, 0.05) is 23.6 Å². The summed E-state index contributed by atoms with van der Waals surface area (Å²) in [4.78, 5) is 7.87. The molecule has 0 radical (unpaired) electrons. The van der Waals surface area contributed by atoms with Gasteiger partial charge in [-0.25, -0.2) is 9.97 Å². The van der Waals surface area contributed by atoms with Gasteiger partial charge < -0.3 is 15.2 Å². The van der Waals surface area contributed by atoms with Gasteiger partial charge in [-0.3, -0.25) is 0 Å². The Balaban J connectivity index is 2.02. The Labute approximate surface area is 112 Å². The van der Waals surface area contributed by atoms with E-state index in [1.54, 1.807) is 0 Å². The van der Waals surface area contributed by atoms with Crippen LogP contribution in [0, 0.1) is 0 Å². The molecule has 2 rings (SSSR count). The van der Waals surface area contributed by atoms with Crippen LogP contribution in [0.3, 0.4) is 0 Å². The molecule has 106 valence electrons. The number of alkyl halides is 3. The highest BCUT2D eigenvalue weighted by molar-refractivity contribution is 5.54. The number of nitrogens with zero attached hydrogens (tertiary/aromatic N) is 2. The van der Waals surface area contributed by atoms with Crippen LogP contribution < -0.4 is 10.1 Å². The lowest BCUT2D eigenvalue weighted by Crippen LogP contribution is -2.16. The van der Waals surface area contributed by atoms with Crippen molar-refractivity contribution in [3.8, 4) is 5.75 Å². The van der Waals surface area contributed by atoms with Gasteiger partial charge in [-0.15, -0.1) is 13.2 Å². The molecular weight excluding hydrogens is 275 g/mol. The summed E-state index contributed by atoms with van der Waals surface area (Å²) in [6, 6.07) is 5.17. The maximum atomic E-state index is 12.0. The molecule has 0 bridgehead atoms. The number of nitrogens with one attached hydrogen (secondary N) is 1. The molecule has 0 aliphatic rings. The van der Waals surface area contributed by atoms with Gasteiger partial charge in [0.2, 0.25) is 5.95 Å². The summed E-state index contributed by atoms with van der Waals surface area (Å²) in [6.07, 6.45) is -1.83. The van der Waals surface area contributed by atoms with Crippen LogP contribution >= 0.6 is 0 Å². The Morgan fingerprint density at radius 2 is 1.70 bits per heavy atom. The van der Waals surface area contributed by atoms with E-state index in [1.165, 1.54) is 36.7 Å². The first-order valence-electron chi connectivity index (χ1n) is 5.51. The number of rotatable bonds is 4. The number of ether oxygens (including phenoxy) is 1. The largest absolute Gasteiger partial charge is 0.573 e. The average molecular weight is 285 g/mol. The van der Waals surface area contributed by atoms with Gasteiger partial charge in [-0.2, -0.15) is 0 Å². The first kappa shape index (κ1) is 14.1. The second-order valence-electron chi connectivity index (χ2n) is 3.77. The molecule has 8 heteroatoms. The van der Waals surface area contributed by atoms with Crippen molar-refractivity contribution in [2.75, 3.05) is 5.32 Å². The predicted octanol–water partition coefficient (Wildman–Crippen LogP) is 2.61. The second kappa shape index (κ2) is 5.74. The molecule has 0 spiro atoms. The Hall–Kier alpha value is -2.35. The van der Waals surface area contributed by atoms with Gasteiger partial charge >= 0.3 is 6.36 Å². The normalized spacial score (nSPS) is 11.2. The molecule has 0 aliphatic heterocycles. The summed E-state index contributed by atoms with van der Waals surface area (Å²) in [5.74, 6) is -0.0358. The zero-order valence-electron chi connectivity index (χ0n) is 10.1. The van der Waals surface area contributed by atoms with E-state index >= 15 is 0 Å². The van der Waals surface area contributed by atoms with Crippen molar-refractivity contribution in [3.63, 3.8) is 0 Å². The third-order valence-electron chi connectivity index (χ3n) is 2.23. The van der Waals surface area contributed by atoms with Crippen molar-refractivity contribution in [1.29, 1.82) is 0 Å². The first-order chi connectivity index (χ1) is 9.46. The molecular formula is C12H10F3N3O2.